The zero-order chi connectivity index (χ0) is 21.1. The first kappa shape index (κ1) is 20.1. The number of ether oxygens (including phenoxy) is 1. The SMILES string of the molecule is CC(C)(C)OC(=O)N1CCC(n2cnc(-c3ccccc3)c2-c2ccncn2)CC1. The Hall–Kier alpha value is -3.22. The maximum atomic E-state index is 12.4. The van der Waals surface area contributed by atoms with Crippen LogP contribution in [0.4, 0.5) is 4.79 Å². The number of aromatic nitrogens is 4. The van der Waals surface area contributed by atoms with Gasteiger partial charge in [-0.25, -0.2) is 19.7 Å². The van der Waals surface area contributed by atoms with Crippen molar-refractivity contribution in [2.45, 2.75) is 45.3 Å². The molecule has 1 aliphatic heterocycles. The first-order valence-electron chi connectivity index (χ1n) is 10.3. The Bertz CT molecular complexity index is 987. The summed E-state index contributed by atoms with van der Waals surface area (Å²) < 4.78 is 7.73. The van der Waals surface area contributed by atoms with Gasteiger partial charge in [-0.15, -0.1) is 0 Å². The van der Waals surface area contributed by atoms with E-state index in [2.05, 4.69) is 26.7 Å². The van der Waals surface area contributed by atoms with Crippen LogP contribution in [0.1, 0.15) is 39.7 Å². The molecule has 1 amide bonds. The van der Waals surface area contributed by atoms with E-state index in [4.69, 9.17) is 9.72 Å². The minimum absolute atomic E-state index is 0.235. The van der Waals surface area contributed by atoms with E-state index in [0.29, 0.717) is 13.1 Å². The van der Waals surface area contributed by atoms with Crippen molar-refractivity contribution in [2.75, 3.05) is 13.1 Å². The Labute approximate surface area is 176 Å². The molecule has 7 heteroatoms. The molecule has 1 saturated heterocycles. The highest BCUT2D eigenvalue weighted by Crippen LogP contribution is 2.35. The van der Waals surface area contributed by atoms with E-state index in [1.54, 1.807) is 17.4 Å². The van der Waals surface area contributed by atoms with Crippen molar-refractivity contribution >= 4 is 6.09 Å². The van der Waals surface area contributed by atoms with Gasteiger partial charge in [0.1, 0.15) is 11.9 Å². The maximum Gasteiger partial charge on any atom is 0.410 e. The highest BCUT2D eigenvalue weighted by atomic mass is 16.6. The number of nitrogens with zero attached hydrogens (tertiary/aromatic N) is 5. The largest absolute Gasteiger partial charge is 0.444 e. The Morgan fingerprint density at radius 1 is 1.07 bits per heavy atom. The monoisotopic (exact) mass is 405 g/mol. The lowest BCUT2D eigenvalue weighted by Crippen LogP contribution is -2.42. The van der Waals surface area contributed by atoms with Crippen LogP contribution in [0.2, 0.25) is 0 Å². The summed E-state index contributed by atoms with van der Waals surface area (Å²) in [6.07, 6.45) is 6.64. The molecule has 156 valence electrons. The van der Waals surface area contributed by atoms with Crippen molar-refractivity contribution in [1.82, 2.24) is 24.4 Å². The molecule has 4 rings (SSSR count). The second kappa shape index (κ2) is 8.26. The molecule has 1 aromatic carbocycles. The fraction of sp³-hybridized carbons (Fsp3) is 0.391. The molecule has 0 N–H and O–H groups in total. The third-order valence-corrected chi connectivity index (χ3v) is 5.18. The van der Waals surface area contributed by atoms with E-state index >= 15 is 0 Å². The lowest BCUT2D eigenvalue weighted by atomic mass is 10.0. The molecule has 30 heavy (non-hydrogen) atoms. The van der Waals surface area contributed by atoms with Gasteiger partial charge in [0.15, 0.2) is 0 Å². The third kappa shape index (κ3) is 4.35. The fourth-order valence-corrected chi connectivity index (χ4v) is 3.78. The third-order valence-electron chi connectivity index (χ3n) is 5.18. The second-order valence-electron chi connectivity index (χ2n) is 8.51. The van der Waals surface area contributed by atoms with E-state index in [1.807, 2.05) is 51.4 Å². The number of carbonyl (C=O) groups excluding carboxylic acids is 1. The number of rotatable bonds is 3. The normalized spacial score (nSPS) is 15.2. The summed E-state index contributed by atoms with van der Waals surface area (Å²) >= 11 is 0. The second-order valence-corrected chi connectivity index (χ2v) is 8.51. The molecule has 0 spiro atoms. The number of carbonyl (C=O) groups is 1. The predicted octanol–water partition coefficient (Wildman–Crippen LogP) is 4.58. The Balaban J connectivity index is 1.60. The summed E-state index contributed by atoms with van der Waals surface area (Å²) in [5, 5.41) is 0. The lowest BCUT2D eigenvalue weighted by molar-refractivity contribution is 0.0189. The van der Waals surface area contributed by atoms with Crippen LogP contribution in [0.15, 0.2) is 55.2 Å². The molecular formula is C23H27N5O2. The minimum Gasteiger partial charge on any atom is -0.444 e. The maximum absolute atomic E-state index is 12.4. The van der Waals surface area contributed by atoms with E-state index in [0.717, 1.165) is 35.5 Å². The lowest BCUT2D eigenvalue weighted by Gasteiger charge is -2.34. The molecule has 7 nitrogen and oxygen atoms in total. The van der Waals surface area contributed by atoms with Gasteiger partial charge < -0.3 is 14.2 Å². The number of imidazole rings is 1. The first-order valence-corrected chi connectivity index (χ1v) is 10.3. The van der Waals surface area contributed by atoms with Gasteiger partial charge in [0.2, 0.25) is 0 Å². The van der Waals surface area contributed by atoms with Crippen molar-refractivity contribution in [1.29, 1.82) is 0 Å². The molecule has 0 bridgehead atoms. The predicted molar refractivity (Wildman–Crippen MR) is 115 cm³/mol. The molecule has 0 saturated carbocycles. The number of hydrogen-bond donors (Lipinski definition) is 0. The van der Waals surface area contributed by atoms with Crippen molar-refractivity contribution in [3.8, 4) is 22.6 Å². The summed E-state index contributed by atoms with van der Waals surface area (Å²) in [6, 6.07) is 12.3. The van der Waals surface area contributed by atoms with Gasteiger partial charge in [-0.2, -0.15) is 0 Å². The minimum atomic E-state index is -0.483. The number of amides is 1. The van der Waals surface area contributed by atoms with E-state index in [-0.39, 0.29) is 12.1 Å². The standard InChI is InChI=1S/C23H27N5O2/c1-23(2,3)30-22(29)27-13-10-18(11-14-27)28-16-26-20(17-7-5-4-6-8-17)21(28)19-9-12-24-15-25-19/h4-9,12,15-16,18H,10-11,13-14H2,1-3H3. The summed E-state index contributed by atoms with van der Waals surface area (Å²) in [7, 11) is 0. The van der Waals surface area contributed by atoms with E-state index < -0.39 is 5.60 Å². The van der Waals surface area contributed by atoms with Gasteiger partial charge in [0, 0.05) is 30.9 Å². The zero-order valence-corrected chi connectivity index (χ0v) is 17.7. The molecule has 0 aliphatic carbocycles. The fourth-order valence-electron chi connectivity index (χ4n) is 3.78. The Kier molecular flexibility index (Phi) is 5.53. The molecule has 2 aromatic heterocycles. The van der Waals surface area contributed by atoms with Crippen LogP contribution in [0.25, 0.3) is 22.6 Å². The van der Waals surface area contributed by atoms with Gasteiger partial charge in [0.25, 0.3) is 0 Å². The first-order chi connectivity index (χ1) is 14.4. The Morgan fingerprint density at radius 2 is 1.80 bits per heavy atom. The number of hydrogen-bond acceptors (Lipinski definition) is 5. The number of piperidine rings is 1. The van der Waals surface area contributed by atoms with Gasteiger partial charge in [-0.3, -0.25) is 0 Å². The average molecular weight is 406 g/mol. The van der Waals surface area contributed by atoms with Gasteiger partial charge in [-0.1, -0.05) is 30.3 Å². The highest BCUT2D eigenvalue weighted by Gasteiger charge is 2.29. The van der Waals surface area contributed by atoms with Crippen LogP contribution in [-0.4, -0.2) is 49.2 Å². The summed E-state index contributed by atoms with van der Waals surface area (Å²) in [6.45, 7) is 6.98. The van der Waals surface area contributed by atoms with Crippen molar-refractivity contribution in [3.05, 3.63) is 55.2 Å². The van der Waals surface area contributed by atoms with Crippen LogP contribution in [-0.2, 0) is 4.74 Å². The van der Waals surface area contributed by atoms with Crippen LogP contribution < -0.4 is 0 Å². The highest BCUT2D eigenvalue weighted by molar-refractivity contribution is 5.76. The molecule has 3 heterocycles. The van der Waals surface area contributed by atoms with E-state index in [1.165, 1.54) is 0 Å². The summed E-state index contributed by atoms with van der Waals surface area (Å²) in [5.41, 5.74) is 3.30. The van der Waals surface area contributed by atoms with E-state index in [9.17, 15) is 4.79 Å². The van der Waals surface area contributed by atoms with Crippen LogP contribution in [0.5, 0.6) is 0 Å². The molecule has 0 unspecified atom stereocenters. The smallest absolute Gasteiger partial charge is 0.410 e. The van der Waals surface area contributed by atoms with Crippen LogP contribution >= 0.6 is 0 Å². The molecule has 1 aliphatic rings. The van der Waals surface area contributed by atoms with Crippen molar-refractivity contribution in [3.63, 3.8) is 0 Å². The topological polar surface area (TPSA) is 73.1 Å². The molecule has 1 fully saturated rings. The quantitative estimate of drug-likeness (QED) is 0.638. The van der Waals surface area contributed by atoms with Gasteiger partial charge in [0.05, 0.1) is 23.4 Å². The Morgan fingerprint density at radius 3 is 2.43 bits per heavy atom. The molecule has 0 atom stereocenters. The molecule has 0 radical (unpaired) electrons. The van der Waals surface area contributed by atoms with Crippen LogP contribution in [0.3, 0.4) is 0 Å². The number of benzene rings is 1. The van der Waals surface area contributed by atoms with Crippen LogP contribution in [0, 0.1) is 0 Å². The number of likely N-dealkylation sites (tertiary alicyclic amines) is 1. The van der Waals surface area contributed by atoms with Gasteiger partial charge >= 0.3 is 6.09 Å². The summed E-state index contributed by atoms with van der Waals surface area (Å²) in [4.78, 5) is 27.5. The van der Waals surface area contributed by atoms with Crippen molar-refractivity contribution < 1.29 is 9.53 Å². The molecular weight excluding hydrogens is 378 g/mol. The molecule has 3 aromatic rings. The van der Waals surface area contributed by atoms with Crippen molar-refractivity contribution in [2.24, 2.45) is 0 Å². The summed E-state index contributed by atoms with van der Waals surface area (Å²) in [5.74, 6) is 0. The zero-order valence-electron chi connectivity index (χ0n) is 17.7. The van der Waals surface area contributed by atoms with Gasteiger partial charge in [-0.05, 0) is 39.7 Å². The average Bonchev–Trinajstić information content (AvgIpc) is 3.19.